The Balaban J connectivity index is 2.16. The van der Waals surface area contributed by atoms with Crippen LogP contribution in [-0.4, -0.2) is 41.6 Å². The molecule has 1 aliphatic heterocycles. The number of para-hydroxylation sites is 2. The topological polar surface area (TPSA) is 75.7 Å². The van der Waals surface area contributed by atoms with Gasteiger partial charge in [0.2, 0.25) is 5.78 Å². The summed E-state index contributed by atoms with van der Waals surface area (Å²) in [6.07, 6.45) is 0. The Hall–Kier alpha value is -3.19. The van der Waals surface area contributed by atoms with E-state index >= 15 is 0 Å². The van der Waals surface area contributed by atoms with E-state index < -0.39 is 22.6 Å². The van der Waals surface area contributed by atoms with Gasteiger partial charge in [0, 0.05) is 0 Å². The van der Waals surface area contributed by atoms with Crippen LogP contribution in [0.2, 0.25) is 0 Å². The van der Waals surface area contributed by atoms with Gasteiger partial charge in [-0.15, -0.1) is 0 Å². The molecule has 1 amide bonds. The number of carbonyl (C=O) groups excluding carboxylic acids is 3. The summed E-state index contributed by atoms with van der Waals surface area (Å²) in [4.78, 5) is 38.4. The van der Waals surface area contributed by atoms with E-state index in [1.807, 2.05) is 36.4 Å². The number of hydrogen-bond acceptors (Lipinski definition) is 6. The summed E-state index contributed by atoms with van der Waals surface area (Å²) in [5, 5.41) is 1.60. The van der Waals surface area contributed by atoms with Gasteiger partial charge in [0.15, 0.2) is 0 Å². The van der Waals surface area contributed by atoms with Crippen molar-refractivity contribution in [3.8, 4) is 0 Å². The van der Waals surface area contributed by atoms with Gasteiger partial charge < -0.3 is 4.74 Å². The van der Waals surface area contributed by atoms with E-state index in [-0.39, 0.29) is 18.9 Å². The molecule has 2 atom stereocenters. The Kier molecular flexibility index (Phi) is 5.23. The van der Waals surface area contributed by atoms with Crippen LogP contribution in [0.1, 0.15) is 13.8 Å². The number of anilines is 2. The smallest absolute Gasteiger partial charge is 0.378 e. The van der Waals surface area contributed by atoms with Crippen LogP contribution < -0.4 is 10.4 Å². The predicted molar refractivity (Wildman–Crippen MR) is 100 cm³/mol. The highest BCUT2D eigenvalue weighted by atomic mass is 16.5. The molecule has 2 aromatic carbocycles. The standard InChI is InChI=1S/C20H22N3O4/c1-3-27-20(26)19-18(25)14-22(17-12-8-5-9-13-17)23(19,15(2)24)21-16-10-6-4-7-11-16/h4-13,19,21H,3,14H2,1-2H3/q+1. The lowest BCUT2D eigenvalue weighted by molar-refractivity contribution is -0.840. The molecule has 0 aliphatic carbocycles. The fourth-order valence-electron chi connectivity index (χ4n) is 3.34. The zero-order valence-corrected chi connectivity index (χ0v) is 15.3. The Morgan fingerprint density at radius 2 is 1.70 bits per heavy atom. The second-order valence-corrected chi connectivity index (χ2v) is 6.20. The zero-order valence-electron chi connectivity index (χ0n) is 15.3. The van der Waals surface area contributed by atoms with Gasteiger partial charge in [0.25, 0.3) is 6.04 Å². The molecule has 1 aliphatic rings. The van der Waals surface area contributed by atoms with E-state index in [0.29, 0.717) is 11.4 Å². The van der Waals surface area contributed by atoms with E-state index in [4.69, 9.17) is 4.74 Å². The average molecular weight is 368 g/mol. The Labute approximate surface area is 157 Å². The lowest BCUT2D eigenvalue weighted by atomic mass is 10.2. The van der Waals surface area contributed by atoms with Crippen molar-refractivity contribution in [1.82, 2.24) is 0 Å². The number of nitrogens with one attached hydrogen (secondary N) is 1. The van der Waals surface area contributed by atoms with E-state index in [1.165, 1.54) is 6.92 Å². The molecule has 2 aromatic rings. The number of amides is 1. The van der Waals surface area contributed by atoms with Gasteiger partial charge in [0.05, 0.1) is 24.9 Å². The third-order valence-electron chi connectivity index (χ3n) is 4.48. The molecule has 27 heavy (non-hydrogen) atoms. The summed E-state index contributed by atoms with van der Waals surface area (Å²) >= 11 is 0. The molecule has 3 rings (SSSR count). The van der Waals surface area contributed by atoms with Crippen LogP contribution >= 0.6 is 0 Å². The lowest BCUT2D eigenvalue weighted by Crippen LogP contribution is -2.69. The van der Waals surface area contributed by atoms with Crippen molar-refractivity contribution in [3.05, 3.63) is 60.7 Å². The zero-order chi connectivity index (χ0) is 19.4. The summed E-state index contributed by atoms with van der Waals surface area (Å²) in [7, 11) is 0. The van der Waals surface area contributed by atoms with Gasteiger partial charge in [-0.1, -0.05) is 36.4 Å². The first-order chi connectivity index (χ1) is 13.0. The van der Waals surface area contributed by atoms with Crippen molar-refractivity contribution < 1.29 is 23.8 Å². The van der Waals surface area contributed by atoms with E-state index in [2.05, 4.69) is 5.43 Å². The molecule has 7 nitrogen and oxygen atoms in total. The lowest BCUT2D eigenvalue weighted by Gasteiger charge is -2.39. The van der Waals surface area contributed by atoms with Gasteiger partial charge in [-0.3, -0.25) is 4.79 Å². The van der Waals surface area contributed by atoms with Crippen molar-refractivity contribution >= 4 is 29.0 Å². The van der Waals surface area contributed by atoms with Crippen molar-refractivity contribution in [2.24, 2.45) is 0 Å². The summed E-state index contributed by atoms with van der Waals surface area (Å²) in [6, 6.07) is 16.8. The highest BCUT2D eigenvalue weighted by Gasteiger charge is 2.63. The number of quaternary nitrogens is 1. The van der Waals surface area contributed by atoms with Gasteiger partial charge in [-0.05, 0) is 35.9 Å². The van der Waals surface area contributed by atoms with Crippen LogP contribution in [0.5, 0.6) is 0 Å². The third kappa shape index (κ3) is 3.29. The number of carbonyl (C=O) groups is 3. The molecule has 1 N–H and O–H groups in total. The van der Waals surface area contributed by atoms with Crippen LogP contribution in [0.15, 0.2) is 60.7 Å². The van der Waals surface area contributed by atoms with Crippen LogP contribution in [-0.2, 0) is 19.1 Å². The van der Waals surface area contributed by atoms with Gasteiger partial charge in [0.1, 0.15) is 6.54 Å². The molecule has 1 saturated heterocycles. The first-order valence-electron chi connectivity index (χ1n) is 8.76. The summed E-state index contributed by atoms with van der Waals surface area (Å²) in [6.45, 7) is 3.06. The number of ether oxygens (including phenoxy) is 1. The van der Waals surface area contributed by atoms with Crippen LogP contribution in [0.25, 0.3) is 0 Å². The maximum absolute atomic E-state index is 12.9. The molecule has 7 heteroatoms. The summed E-state index contributed by atoms with van der Waals surface area (Å²) in [5.74, 6) is -1.50. The Bertz CT molecular complexity index is 841. The molecular weight excluding hydrogens is 346 g/mol. The average Bonchev–Trinajstić information content (AvgIpc) is 2.97. The highest BCUT2D eigenvalue weighted by Crippen LogP contribution is 2.33. The molecule has 0 radical (unpaired) electrons. The SMILES string of the molecule is CCOC(=O)C1C(=O)CN(c2ccccc2)[N+]1(Nc1ccccc1)C(C)=O. The van der Waals surface area contributed by atoms with E-state index in [0.717, 1.165) is 0 Å². The van der Waals surface area contributed by atoms with Gasteiger partial charge in [-0.25, -0.2) is 15.0 Å². The van der Waals surface area contributed by atoms with Crippen LogP contribution in [0, 0.1) is 0 Å². The van der Waals surface area contributed by atoms with Gasteiger partial charge >= 0.3 is 11.9 Å². The van der Waals surface area contributed by atoms with Crippen molar-refractivity contribution in [1.29, 1.82) is 0 Å². The first kappa shape index (κ1) is 18.6. The number of ketones is 1. The highest BCUT2D eigenvalue weighted by molar-refractivity contribution is 6.07. The molecule has 1 fully saturated rings. The van der Waals surface area contributed by atoms with Crippen molar-refractivity contribution in [2.45, 2.75) is 19.9 Å². The number of hydrogen-bond donors (Lipinski definition) is 1. The predicted octanol–water partition coefficient (Wildman–Crippen LogP) is 2.31. The van der Waals surface area contributed by atoms with E-state index in [1.54, 1.807) is 36.2 Å². The summed E-state index contributed by atoms with van der Waals surface area (Å²) in [5.41, 5.74) is 4.37. The van der Waals surface area contributed by atoms with Crippen molar-refractivity contribution in [2.75, 3.05) is 23.6 Å². The molecule has 140 valence electrons. The number of benzene rings is 2. The molecule has 0 bridgehead atoms. The minimum atomic E-state index is -1.32. The maximum atomic E-state index is 12.9. The summed E-state index contributed by atoms with van der Waals surface area (Å²) < 4.78 is 4.45. The fourth-order valence-corrected chi connectivity index (χ4v) is 3.34. The maximum Gasteiger partial charge on any atom is 0.378 e. The fraction of sp³-hybridized carbons (Fsp3) is 0.250. The Morgan fingerprint density at radius 3 is 2.26 bits per heavy atom. The molecule has 0 saturated carbocycles. The minimum absolute atomic E-state index is 0.0904. The van der Waals surface area contributed by atoms with Crippen LogP contribution in [0.3, 0.4) is 0 Å². The largest absolute Gasteiger partial charge is 0.461 e. The molecule has 1 heterocycles. The second kappa shape index (κ2) is 7.59. The first-order valence-corrected chi connectivity index (χ1v) is 8.76. The van der Waals surface area contributed by atoms with Crippen molar-refractivity contribution in [3.63, 3.8) is 0 Å². The number of rotatable bonds is 5. The molecular formula is C20H22N3O4+. The Morgan fingerprint density at radius 1 is 1.11 bits per heavy atom. The van der Waals surface area contributed by atoms with E-state index in [9.17, 15) is 14.4 Å². The molecule has 0 spiro atoms. The second-order valence-electron chi connectivity index (χ2n) is 6.20. The number of Topliss-reactive ketones (excluding diaryl/α,β-unsaturated/α-hetero) is 1. The normalized spacial score (nSPS) is 21.8. The monoisotopic (exact) mass is 368 g/mol. The van der Waals surface area contributed by atoms with Crippen LogP contribution in [0.4, 0.5) is 11.4 Å². The number of esters is 1. The quantitative estimate of drug-likeness (QED) is 0.496. The minimum Gasteiger partial charge on any atom is -0.461 e. The third-order valence-corrected chi connectivity index (χ3v) is 4.48. The molecule has 0 aromatic heterocycles. The number of nitrogens with zero attached hydrogens (tertiary/aromatic N) is 2. The van der Waals surface area contributed by atoms with Gasteiger partial charge in [-0.2, -0.15) is 5.01 Å². The molecule has 2 unspecified atom stereocenters.